The Balaban J connectivity index is 2.42. The first-order valence-corrected chi connectivity index (χ1v) is 9.47. The summed E-state index contributed by atoms with van der Waals surface area (Å²) in [7, 11) is -3.94. The van der Waals surface area contributed by atoms with Gasteiger partial charge in [-0.25, -0.2) is 12.8 Å². The van der Waals surface area contributed by atoms with E-state index in [1.165, 1.54) is 10.4 Å². The van der Waals surface area contributed by atoms with Crippen molar-refractivity contribution in [1.82, 2.24) is 4.31 Å². The fourth-order valence-corrected chi connectivity index (χ4v) is 5.53. The van der Waals surface area contributed by atoms with Crippen molar-refractivity contribution in [3.05, 3.63) is 28.5 Å². The van der Waals surface area contributed by atoms with Gasteiger partial charge in [0, 0.05) is 34.7 Å². The first-order chi connectivity index (χ1) is 9.90. The van der Waals surface area contributed by atoms with Crippen LogP contribution in [0.4, 0.5) is 4.39 Å². The topological polar surface area (TPSA) is 57.6 Å². The molecular formula is C13H17ClFNO3S2. The monoisotopic (exact) mass is 353 g/mol. The third kappa shape index (κ3) is 3.53. The molecule has 1 aliphatic heterocycles. The highest BCUT2D eigenvalue weighted by molar-refractivity contribution is 8.00. The van der Waals surface area contributed by atoms with Gasteiger partial charge >= 0.3 is 0 Å². The van der Waals surface area contributed by atoms with Crippen molar-refractivity contribution in [3.8, 4) is 0 Å². The maximum absolute atomic E-state index is 14.3. The molecule has 0 amide bonds. The van der Waals surface area contributed by atoms with Crippen molar-refractivity contribution in [2.45, 2.75) is 30.1 Å². The van der Waals surface area contributed by atoms with Gasteiger partial charge in [0.25, 0.3) is 0 Å². The van der Waals surface area contributed by atoms with E-state index in [0.717, 1.165) is 12.5 Å². The van der Waals surface area contributed by atoms with E-state index in [9.17, 15) is 12.8 Å². The molecule has 0 aliphatic carbocycles. The molecule has 0 spiro atoms. The summed E-state index contributed by atoms with van der Waals surface area (Å²) in [6, 6.07) is 2.34. The van der Waals surface area contributed by atoms with Gasteiger partial charge in [0.1, 0.15) is 10.7 Å². The van der Waals surface area contributed by atoms with Gasteiger partial charge in [-0.05, 0) is 18.6 Å². The van der Waals surface area contributed by atoms with Crippen LogP contribution in [-0.2, 0) is 16.6 Å². The number of hydrogen-bond acceptors (Lipinski definition) is 4. The SMILES string of the molecule is CCC1CN(S(=O)(=O)c2cc(Cl)cc(CO)c2F)CCS1. The highest BCUT2D eigenvalue weighted by Gasteiger charge is 2.32. The minimum Gasteiger partial charge on any atom is -0.392 e. The molecule has 1 aliphatic rings. The second kappa shape index (κ2) is 6.83. The van der Waals surface area contributed by atoms with E-state index in [2.05, 4.69) is 0 Å². The van der Waals surface area contributed by atoms with E-state index in [0.29, 0.717) is 18.8 Å². The predicted octanol–water partition coefficient (Wildman–Crippen LogP) is 2.49. The molecule has 1 aromatic carbocycles. The molecule has 1 fully saturated rings. The minimum atomic E-state index is -3.94. The van der Waals surface area contributed by atoms with Gasteiger partial charge in [0.15, 0.2) is 0 Å². The molecule has 0 aromatic heterocycles. The Morgan fingerprint density at radius 3 is 2.86 bits per heavy atom. The second-order valence-corrected chi connectivity index (χ2v) is 8.55. The van der Waals surface area contributed by atoms with E-state index in [4.69, 9.17) is 16.7 Å². The number of nitrogens with zero attached hydrogens (tertiary/aromatic N) is 1. The summed E-state index contributed by atoms with van der Waals surface area (Å²) in [5.74, 6) is -0.236. The molecule has 1 aromatic rings. The third-order valence-electron chi connectivity index (χ3n) is 3.42. The van der Waals surface area contributed by atoms with Crippen molar-refractivity contribution >= 4 is 33.4 Å². The number of thioether (sulfide) groups is 1. The maximum atomic E-state index is 14.3. The van der Waals surface area contributed by atoms with Gasteiger partial charge in [0.05, 0.1) is 6.61 Å². The zero-order valence-corrected chi connectivity index (χ0v) is 13.9. The first-order valence-electron chi connectivity index (χ1n) is 6.60. The standard InChI is InChI=1S/C13H17ClFNO3S2/c1-2-11-7-16(3-4-20-11)21(18,19)12-6-10(14)5-9(8-17)13(12)15/h5-6,11,17H,2-4,7-8H2,1H3. The molecule has 21 heavy (non-hydrogen) atoms. The van der Waals surface area contributed by atoms with Crippen LogP contribution in [0.15, 0.2) is 17.0 Å². The summed E-state index contributed by atoms with van der Waals surface area (Å²) in [5, 5.41) is 9.42. The smallest absolute Gasteiger partial charge is 0.246 e. The van der Waals surface area contributed by atoms with Crippen LogP contribution in [0, 0.1) is 5.82 Å². The Labute approximate surface area is 133 Å². The lowest BCUT2D eigenvalue weighted by Crippen LogP contribution is -2.42. The molecule has 1 atom stereocenters. The van der Waals surface area contributed by atoms with Crippen molar-refractivity contribution < 1.29 is 17.9 Å². The summed E-state index contributed by atoms with van der Waals surface area (Å²) in [5.41, 5.74) is -0.112. The van der Waals surface area contributed by atoms with Crippen molar-refractivity contribution in [2.75, 3.05) is 18.8 Å². The molecule has 2 rings (SSSR count). The van der Waals surface area contributed by atoms with Crippen LogP contribution in [0.5, 0.6) is 0 Å². The highest BCUT2D eigenvalue weighted by atomic mass is 35.5. The summed E-state index contributed by atoms with van der Waals surface area (Å²) < 4.78 is 40.8. The number of hydrogen-bond donors (Lipinski definition) is 1. The Morgan fingerprint density at radius 1 is 1.52 bits per heavy atom. The lowest BCUT2D eigenvalue weighted by Gasteiger charge is -2.31. The van der Waals surface area contributed by atoms with Crippen LogP contribution in [-0.4, -0.2) is 41.9 Å². The molecule has 0 bridgehead atoms. The zero-order valence-electron chi connectivity index (χ0n) is 11.6. The predicted molar refractivity (Wildman–Crippen MR) is 82.6 cm³/mol. The number of rotatable bonds is 4. The van der Waals surface area contributed by atoms with Crippen molar-refractivity contribution in [1.29, 1.82) is 0 Å². The molecule has 0 radical (unpaired) electrons. The largest absolute Gasteiger partial charge is 0.392 e. The van der Waals surface area contributed by atoms with E-state index in [-0.39, 0.29) is 15.8 Å². The van der Waals surface area contributed by atoms with Gasteiger partial charge < -0.3 is 5.11 Å². The molecular weight excluding hydrogens is 337 g/mol. The normalized spacial score (nSPS) is 20.7. The average molecular weight is 354 g/mol. The van der Waals surface area contributed by atoms with Gasteiger partial charge in [-0.1, -0.05) is 18.5 Å². The van der Waals surface area contributed by atoms with Crippen LogP contribution >= 0.6 is 23.4 Å². The summed E-state index contributed by atoms with van der Waals surface area (Å²) in [6.07, 6.45) is 0.858. The van der Waals surface area contributed by atoms with E-state index in [1.807, 2.05) is 6.92 Å². The summed E-state index contributed by atoms with van der Waals surface area (Å²) in [6.45, 7) is 2.12. The van der Waals surface area contributed by atoms with E-state index >= 15 is 0 Å². The summed E-state index contributed by atoms with van der Waals surface area (Å²) in [4.78, 5) is -0.458. The molecule has 4 nitrogen and oxygen atoms in total. The van der Waals surface area contributed by atoms with Crippen molar-refractivity contribution in [2.24, 2.45) is 0 Å². The summed E-state index contributed by atoms with van der Waals surface area (Å²) >= 11 is 7.56. The molecule has 118 valence electrons. The van der Waals surface area contributed by atoms with Crippen LogP contribution in [0.3, 0.4) is 0 Å². The Bertz CT molecular complexity index is 624. The number of aliphatic hydroxyl groups excluding tert-OH is 1. The quantitative estimate of drug-likeness (QED) is 0.903. The fourth-order valence-electron chi connectivity index (χ4n) is 2.22. The third-order valence-corrected chi connectivity index (χ3v) is 6.88. The van der Waals surface area contributed by atoms with Crippen LogP contribution < -0.4 is 0 Å². The van der Waals surface area contributed by atoms with Gasteiger partial charge in [-0.2, -0.15) is 16.1 Å². The van der Waals surface area contributed by atoms with Gasteiger partial charge in [0.2, 0.25) is 10.0 Å². The average Bonchev–Trinajstić information content (AvgIpc) is 2.49. The highest BCUT2D eigenvalue weighted by Crippen LogP contribution is 2.30. The number of halogens is 2. The second-order valence-electron chi connectivity index (χ2n) is 4.80. The lowest BCUT2D eigenvalue weighted by atomic mass is 10.2. The van der Waals surface area contributed by atoms with Crippen molar-refractivity contribution in [3.63, 3.8) is 0 Å². The van der Waals surface area contributed by atoms with Crippen LogP contribution in [0.25, 0.3) is 0 Å². The number of sulfonamides is 1. The Hall–Kier alpha value is -0.340. The number of benzene rings is 1. The molecule has 1 N–H and O–H groups in total. The lowest BCUT2D eigenvalue weighted by molar-refractivity contribution is 0.274. The first kappa shape index (κ1) is 17.0. The molecule has 1 unspecified atom stereocenters. The maximum Gasteiger partial charge on any atom is 0.246 e. The van der Waals surface area contributed by atoms with Gasteiger partial charge in [-0.15, -0.1) is 0 Å². The molecule has 0 saturated carbocycles. The Morgan fingerprint density at radius 2 is 2.24 bits per heavy atom. The minimum absolute atomic E-state index is 0.0949. The van der Waals surface area contributed by atoms with Gasteiger partial charge in [-0.3, -0.25) is 0 Å². The zero-order chi connectivity index (χ0) is 15.6. The van der Waals surface area contributed by atoms with Crippen LogP contribution in [0.2, 0.25) is 5.02 Å². The van der Waals surface area contributed by atoms with E-state index in [1.54, 1.807) is 11.8 Å². The number of aliphatic hydroxyl groups is 1. The van der Waals surface area contributed by atoms with Crippen LogP contribution in [0.1, 0.15) is 18.9 Å². The molecule has 1 saturated heterocycles. The Kier molecular flexibility index (Phi) is 5.54. The molecule has 1 heterocycles. The van der Waals surface area contributed by atoms with E-state index < -0.39 is 27.3 Å². The fraction of sp³-hybridized carbons (Fsp3) is 0.538. The molecule has 8 heteroatoms.